The quantitative estimate of drug-likeness (QED) is 0.551. The van der Waals surface area contributed by atoms with Crippen molar-refractivity contribution in [2.45, 2.75) is 0 Å². The summed E-state index contributed by atoms with van der Waals surface area (Å²) in [6.07, 6.45) is 0. The number of nitrogens with zero attached hydrogens (tertiary/aromatic N) is 2. The van der Waals surface area contributed by atoms with Crippen LogP contribution in [0.2, 0.25) is 0 Å². The lowest BCUT2D eigenvalue weighted by Crippen LogP contribution is -2.41. The number of nitrogens with one attached hydrogen (secondary N) is 2. The molecule has 0 aliphatic heterocycles. The van der Waals surface area contributed by atoms with Crippen LogP contribution in [0, 0.1) is 15.9 Å². The zero-order valence-corrected chi connectivity index (χ0v) is 14.8. The first-order valence-electron chi connectivity index (χ1n) is 8.08. The monoisotopic (exact) mass is 388 g/mol. The second-order valence-electron chi connectivity index (χ2n) is 5.80. The molecule has 0 aliphatic carbocycles. The van der Waals surface area contributed by atoms with Gasteiger partial charge in [0.05, 0.1) is 18.0 Å². The van der Waals surface area contributed by atoms with Crippen LogP contribution in [0.1, 0.15) is 10.4 Å². The van der Waals surface area contributed by atoms with Crippen LogP contribution in [0.4, 0.5) is 15.8 Å². The van der Waals surface area contributed by atoms with Gasteiger partial charge < -0.3 is 15.5 Å². The third-order valence-corrected chi connectivity index (χ3v) is 3.63. The summed E-state index contributed by atoms with van der Waals surface area (Å²) in [5, 5.41) is 15.5. The number of benzene rings is 2. The normalized spacial score (nSPS) is 10.1. The first-order valence-corrected chi connectivity index (χ1v) is 8.08. The van der Waals surface area contributed by atoms with E-state index in [1.165, 1.54) is 43.4 Å². The average molecular weight is 388 g/mol. The Bertz CT molecular complexity index is 918. The Morgan fingerprint density at radius 2 is 1.86 bits per heavy atom. The molecule has 0 heterocycles. The van der Waals surface area contributed by atoms with Crippen molar-refractivity contribution in [3.05, 3.63) is 70.0 Å². The molecular weight excluding hydrogens is 371 g/mol. The van der Waals surface area contributed by atoms with Crippen molar-refractivity contribution in [3.63, 3.8) is 0 Å². The van der Waals surface area contributed by atoms with Gasteiger partial charge in [0.2, 0.25) is 11.8 Å². The lowest BCUT2D eigenvalue weighted by molar-refractivity contribution is -0.384. The number of rotatable bonds is 7. The number of carbonyl (C=O) groups excluding carboxylic acids is 3. The Kier molecular flexibility index (Phi) is 6.74. The van der Waals surface area contributed by atoms with Crippen LogP contribution in [0.15, 0.2) is 48.5 Å². The molecule has 146 valence electrons. The van der Waals surface area contributed by atoms with E-state index in [4.69, 9.17) is 0 Å². The third kappa shape index (κ3) is 5.87. The average Bonchev–Trinajstić information content (AvgIpc) is 2.65. The lowest BCUT2D eigenvalue weighted by atomic mass is 10.2. The lowest BCUT2D eigenvalue weighted by Gasteiger charge is -2.17. The van der Waals surface area contributed by atoms with Crippen LogP contribution < -0.4 is 10.6 Å². The predicted molar refractivity (Wildman–Crippen MR) is 98.1 cm³/mol. The number of halogens is 1. The highest BCUT2D eigenvalue weighted by Gasteiger charge is 2.16. The number of nitro benzene ring substituents is 1. The first-order chi connectivity index (χ1) is 13.3. The Labute approximate surface area is 159 Å². The Balaban J connectivity index is 1.84. The first kappa shape index (κ1) is 20.5. The van der Waals surface area contributed by atoms with E-state index in [0.29, 0.717) is 0 Å². The molecular formula is C18H17FN4O5. The van der Waals surface area contributed by atoms with Crippen LogP contribution in [-0.4, -0.2) is 47.7 Å². The summed E-state index contributed by atoms with van der Waals surface area (Å²) < 4.78 is 13.1. The van der Waals surface area contributed by atoms with Gasteiger partial charge in [-0.2, -0.15) is 0 Å². The number of likely N-dealkylation sites (N-methyl/N-ethyl adjacent to an activating group) is 1. The van der Waals surface area contributed by atoms with Crippen molar-refractivity contribution in [1.82, 2.24) is 10.2 Å². The number of non-ortho nitro benzene ring substituents is 1. The zero-order valence-electron chi connectivity index (χ0n) is 14.8. The molecule has 28 heavy (non-hydrogen) atoms. The summed E-state index contributed by atoms with van der Waals surface area (Å²) in [6.45, 7) is -0.701. The summed E-state index contributed by atoms with van der Waals surface area (Å²) in [5.74, 6) is -2.25. The number of hydrogen-bond acceptors (Lipinski definition) is 5. The fourth-order valence-corrected chi connectivity index (χ4v) is 2.22. The molecule has 0 spiro atoms. The minimum atomic E-state index is -0.658. The number of nitro groups is 1. The van der Waals surface area contributed by atoms with E-state index in [1.807, 2.05) is 0 Å². The second-order valence-corrected chi connectivity index (χ2v) is 5.80. The zero-order chi connectivity index (χ0) is 20.7. The van der Waals surface area contributed by atoms with Crippen LogP contribution in [0.25, 0.3) is 0 Å². The SMILES string of the molecule is CN(CC(=O)Nc1cccc(F)c1)C(=O)CNC(=O)c1cccc([N+](=O)[O-])c1. The van der Waals surface area contributed by atoms with Gasteiger partial charge in [-0.25, -0.2) is 4.39 Å². The van der Waals surface area contributed by atoms with Gasteiger partial charge in [-0.05, 0) is 24.3 Å². The van der Waals surface area contributed by atoms with E-state index in [-0.39, 0.29) is 23.5 Å². The second kappa shape index (κ2) is 9.21. The Morgan fingerprint density at radius 1 is 1.14 bits per heavy atom. The van der Waals surface area contributed by atoms with E-state index < -0.39 is 35.0 Å². The largest absolute Gasteiger partial charge is 0.343 e. The molecule has 0 atom stereocenters. The third-order valence-electron chi connectivity index (χ3n) is 3.63. The van der Waals surface area contributed by atoms with Crippen molar-refractivity contribution >= 4 is 29.1 Å². The highest BCUT2D eigenvalue weighted by Crippen LogP contribution is 2.13. The molecule has 2 N–H and O–H groups in total. The van der Waals surface area contributed by atoms with Gasteiger partial charge in [-0.15, -0.1) is 0 Å². The summed E-state index contributed by atoms with van der Waals surface area (Å²) in [7, 11) is 1.37. The highest BCUT2D eigenvalue weighted by atomic mass is 19.1. The molecule has 2 aromatic carbocycles. The van der Waals surface area contributed by atoms with E-state index in [1.54, 1.807) is 0 Å². The number of carbonyl (C=O) groups is 3. The Hall–Kier alpha value is -3.82. The van der Waals surface area contributed by atoms with Crippen molar-refractivity contribution in [2.75, 3.05) is 25.5 Å². The molecule has 0 radical (unpaired) electrons. The van der Waals surface area contributed by atoms with Crippen molar-refractivity contribution in [2.24, 2.45) is 0 Å². The van der Waals surface area contributed by atoms with Crippen molar-refractivity contribution in [3.8, 4) is 0 Å². The number of anilines is 1. The summed E-state index contributed by atoms with van der Waals surface area (Å²) in [5.41, 5.74) is 0.0449. The van der Waals surface area contributed by atoms with E-state index in [0.717, 1.165) is 17.0 Å². The minimum absolute atomic E-state index is 0.0356. The molecule has 0 unspecified atom stereocenters. The molecule has 0 aliphatic rings. The van der Waals surface area contributed by atoms with Gasteiger partial charge in [0.1, 0.15) is 5.82 Å². The topological polar surface area (TPSA) is 122 Å². The molecule has 9 nitrogen and oxygen atoms in total. The standard InChI is InChI=1S/C18H17FN4O5/c1-22(11-16(24)21-14-6-3-5-13(19)9-14)17(25)10-20-18(26)12-4-2-7-15(8-12)23(27)28/h2-9H,10-11H2,1H3,(H,20,26)(H,21,24). The van der Waals surface area contributed by atoms with Crippen molar-refractivity contribution < 1.29 is 23.7 Å². The number of amides is 3. The molecule has 10 heteroatoms. The molecule has 0 fully saturated rings. The maximum atomic E-state index is 13.1. The maximum absolute atomic E-state index is 13.1. The van der Waals surface area contributed by atoms with E-state index in [9.17, 15) is 28.9 Å². The van der Waals surface area contributed by atoms with Crippen LogP contribution in [0.5, 0.6) is 0 Å². The molecule has 3 amide bonds. The molecule has 0 aromatic heterocycles. The fraction of sp³-hybridized carbons (Fsp3) is 0.167. The fourth-order valence-electron chi connectivity index (χ4n) is 2.22. The highest BCUT2D eigenvalue weighted by molar-refractivity contribution is 5.98. The summed E-state index contributed by atoms with van der Waals surface area (Å²) >= 11 is 0. The van der Waals surface area contributed by atoms with Gasteiger partial charge in [0, 0.05) is 30.4 Å². The van der Waals surface area contributed by atoms with Gasteiger partial charge >= 0.3 is 0 Å². The molecule has 0 saturated carbocycles. The van der Waals surface area contributed by atoms with Gasteiger partial charge in [0.15, 0.2) is 0 Å². The molecule has 0 bridgehead atoms. The molecule has 2 rings (SSSR count). The number of hydrogen-bond donors (Lipinski definition) is 2. The van der Waals surface area contributed by atoms with Crippen molar-refractivity contribution in [1.29, 1.82) is 0 Å². The maximum Gasteiger partial charge on any atom is 0.270 e. The summed E-state index contributed by atoms with van der Waals surface area (Å²) in [4.78, 5) is 47.2. The smallest absolute Gasteiger partial charge is 0.270 e. The van der Waals surface area contributed by atoms with Crippen LogP contribution in [-0.2, 0) is 9.59 Å². The van der Waals surface area contributed by atoms with Crippen LogP contribution in [0.3, 0.4) is 0 Å². The minimum Gasteiger partial charge on any atom is -0.343 e. The predicted octanol–water partition coefficient (Wildman–Crippen LogP) is 1.56. The molecule has 0 saturated heterocycles. The van der Waals surface area contributed by atoms with Gasteiger partial charge in [0.25, 0.3) is 11.6 Å². The Morgan fingerprint density at radius 3 is 2.54 bits per heavy atom. The molecule has 2 aromatic rings. The van der Waals surface area contributed by atoms with Crippen LogP contribution >= 0.6 is 0 Å². The van der Waals surface area contributed by atoms with E-state index in [2.05, 4.69) is 10.6 Å². The van der Waals surface area contributed by atoms with E-state index >= 15 is 0 Å². The van der Waals surface area contributed by atoms with Gasteiger partial charge in [-0.1, -0.05) is 12.1 Å². The van der Waals surface area contributed by atoms with Gasteiger partial charge in [-0.3, -0.25) is 24.5 Å². The summed E-state index contributed by atoms with van der Waals surface area (Å²) in [6, 6.07) is 10.4.